The average molecular weight is 329 g/mol. The molecule has 7 heteroatoms. The van der Waals surface area contributed by atoms with E-state index in [2.05, 4.69) is 10.3 Å². The normalized spacial score (nSPS) is 17.2. The van der Waals surface area contributed by atoms with Gasteiger partial charge in [0, 0.05) is 24.5 Å². The van der Waals surface area contributed by atoms with E-state index in [1.54, 1.807) is 0 Å². The highest BCUT2D eigenvalue weighted by Gasteiger charge is 2.32. The number of nitrogens with one attached hydrogen (secondary N) is 1. The molecule has 1 aliphatic heterocycles. The molecule has 23 heavy (non-hydrogen) atoms. The van der Waals surface area contributed by atoms with Crippen molar-refractivity contribution >= 4 is 11.6 Å². The van der Waals surface area contributed by atoms with Crippen molar-refractivity contribution in [2.24, 2.45) is 5.41 Å². The number of carbonyl (C=O) groups is 1. The molecule has 0 saturated carbocycles. The molecule has 1 aromatic heterocycles. The van der Waals surface area contributed by atoms with Gasteiger partial charge in [-0.3, -0.25) is 4.79 Å². The Balaban J connectivity index is 1.91. The van der Waals surface area contributed by atoms with E-state index in [4.69, 9.17) is 0 Å². The molecule has 0 aliphatic carbocycles. The molecule has 2 rings (SSSR count). The largest absolute Gasteiger partial charge is 0.433 e. The second-order valence-corrected chi connectivity index (χ2v) is 6.88. The summed E-state index contributed by atoms with van der Waals surface area (Å²) in [6, 6.07) is 2.56. The number of pyridine rings is 1. The highest BCUT2D eigenvalue weighted by Crippen LogP contribution is 2.29. The minimum atomic E-state index is -4.41. The molecule has 4 nitrogen and oxygen atoms in total. The van der Waals surface area contributed by atoms with Crippen LogP contribution in [0.3, 0.4) is 0 Å². The summed E-state index contributed by atoms with van der Waals surface area (Å²) >= 11 is 0. The smallest absolute Gasteiger partial charge is 0.370 e. The Hall–Kier alpha value is -1.79. The highest BCUT2D eigenvalue weighted by atomic mass is 19.4. The first-order valence-electron chi connectivity index (χ1n) is 7.66. The minimum Gasteiger partial charge on any atom is -0.370 e. The zero-order valence-electron chi connectivity index (χ0n) is 13.6. The number of amides is 1. The number of hydrogen-bond donors (Lipinski definition) is 1. The van der Waals surface area contributed by atoms with Gasteiger partial charge < -0.3 is 10.2 Å². The van der Waals surface area contributed by atoms with Crippen LogP contribution in [0, 0.1) is 5.41 Å². The minimum absolute atomic E-state index is 0.0205. The maximum Gasteiger partial charge on any atom is 0.433 e. The van der Waals surface area contributed by atoms with Crippen LogP contribution < -0.4 is 10.2 Å². The quantitative estimate of drug-likeness (QED) is 0.906. The van der Waals surface area contributed by atoms with Gasteiger partial charge in [0.25, 0.3) is 0 Å². The monoisotopic (exact) mass is 329 g/mol. The van der Waals surface area contributed by atoms with Crippen molar-refractivity contribution in [3.8, 4) is 0 Å². The Kier molecular flexibility index (Phi) is 4.87. The van der Waals surface area contributed by atoms with Crippen LogP contribution in [0.4, 0.5) is 18.9 Å². The Morgan fingerprint density at radius 3 is 2.26 bits per heavy atom. The first-order valence-corrected chi connectivity index (χ1v) is 7.66. The predicted octanol–water partition coefficient (Wildman–Crippen LogP) is 3.23. The molecular weight excluding hydrogens is 307 g/mol. The molecule has 0 radical (unpaired) electrons. The molecule has 0 aromatic carbocycles. The van der Waals surface area contributed by atoms with Gasteiger partial charge in [0.1, 0.15) is 5.69 Å². The molecule has 1 saturated heterocycles. The van der Waals surface area contributed by atoms with Crippen molar-refractivity contribution in [3.63, 3.8) is 0 Å². The van der Waals surface area contributed by atoms with Gasteiger partial charge in [-0.1, -0.05) is 20.8 Å². The van der Waals surface area contributed by atoms with E-state index in [0.29, 0.717) is 18.8 Å². The number of aromatic nitrogens is 1. The molecule has 1 fully saturated rings. The molecular formula is C16H22F3N3O. The van der Waals surface area contributed by atoms with Crippen LogP contribution >= 0.6 is 0 Å². The second kappa shape index (κ2) is 6.37. The van der Waals surface area contributed by atoms with Gasteiger partial charge in [0.05, 0.1) is 11.9 Å². The topological polar surface area (TPSA) is 45.2 Å². The second-order valence-electron chi connectivity index (χ2n) is 6.88. The van der Waals surface area contributed by atoms with Gasteiger partial charge in [-0.15, -0.1) is 0 Å². The number of halogens is 3. The summed E-state index contributed by atoms with van der Waals surface area (Å²) in [4.78, 5) is 17.5. The fourth-order valence-electron chi connectivity index (χ4n) is 2.42. The van der Waals surface area contributed by atoms with Crippen LogP contribution in [-0.2, 0) is 11.0 Å². The molecule has 0 atom stereocenters. The van der Waals surface area contributed by atoms with Crippen molar-refractivity contribution < 1.29 is 18.0 Å². The van der Waals surface area contributed by atoms with Gasteiger partial charge >= 0.3 is 6.18 Å². The molecule has 1 N–H and O–H groups in total. The van der Waals surface area contributed by atoms with Crippen LogP contribution in [0.5, 0.6) is 0 Å². The third-order valence-electron chi connectivity index (χ3n) is 3.91. The molecule has 1 aliphatic rings. The third kappa shape index (κ3) is 4.59. The average Bonchev–Trinajstić information content (AvgIpc) is 2.46. The highest BCUT2D eigenvalue weighted by molar-refractivity contribution is 5.81. The van der Waals surface area contributed by atoms with Crippen molar-refractivity contribution in [3.05, 3.63) is 24.0 Å². The van der Waals surface area contributed by atoms with Gasteiger partial charge in [-0.25, -0.2) is 4.98 Å². The summed E-state index contributed by atoms with van der Waals surface area (Å²) in [5.74, 6) is 0.0205. The summed E-state index contributed by atoms with van der Waals surface area (Å²) < 4.78 is 37.5. The lowest BCUT2D eigenvalue weighted by molar-refractivity contribution is -0.141. The lowest BCUT2D eigenvalue weighted by atomic mass is 9.94. The maximum absolute atomic E-state index is 12.5. The molecule has 1 aromatic rings. The molecule has 0 bridgehead atoms. The summed E-state index contributed by atoms with van der Waals surface area (Å²) in [7, 11) is 0. The van der Waals surface area contributed by atoms with Crippen molar-refractivity contribution in [1.82, 2.24) is 10.3 Å². The zero-order valence-corrected chi connectivity index (χ0v) is 13.6. The standard InChI is InChI=1S/C16H22F3N3O/c1-15(2,3)14(23)21-11-6-8-22(9-7-11)12-4-5-13(20-10-12)16(17,18)19/h4-5,10-11H,6-9H2,1-3H3,(H,21,23). The Bertz CT molecular complexity index is 541. The van der Waals surface area contributed by atoms with E-state index in [1.807, 2.05) is 25.7 Å². The lowest BCUT2D eigenvalue weighted by Gasteiger charge is -2.35. The van der Waals surface area contributed by atoms with Gasteiger partial charge in [-0.05, 0) is 25.0 Å². The maximum atomic E-state index is 12.5. The predicted molar refractivity (Wildman–Crippen MR) is 82.1 cm³/mol. The van der Waals surface area contributed by atoms with Crippen LogP contribution in [0.15, 0.2) is 18.3 Å². The van der Waals surface area contributed by atoms with Crippen LogP contribution in [0.2, 0.25) is 0 Å². The van der Waals surface area contributed by atoms with E-state index < -0.39 is 17.3 Å². The molecule has 0 spiro atoms. The summed E-state index contributed by atoms with van der Waals surface area (Å²) in [6.45, 7) is 6.96. The van der Waals surface area contributed by atoms with Gasteiger partial charge in [-0.2, -0.15) is 13.2 Å². The zero-order chi connectivity index (χ0) is 17.3. The lowest BCUT2D eigenvalue weighted by Crippen LogP contribution is -2.47. The molecule has 128 valence electrons. The van der Waals surface area contributed by atoms with Crippen LogP contribution in [0.1, 0.15) is 39.3 Å². The van der Waals surface area contributed by atoms with E-state index in [-0.39, 0.29) is 11.9 Å². The molecule has 2 heterocycles. The number of hydrogen-bond acceptors (Lipinski definition) is 3. The fraction of sp³-hybridized carbons (Fsp3) is 0.625. The van der Waals surface area contributed by atoms with Crippen molar-refractivity contribution in [1.29, 1.82) is 0 Å². The van der Waals surface area contributed by atoms with E-state index in [1.165, 1.54) is 12.3 Å². The van der Waals surface area contributed by atoms with E-state index in [0.717, 1.165) is 18.9 Å². The first-order chi connectivity index (χ1) is 10.6. The fourth-order valence-corrected chi connectivity index (χ4v) is 2.42. The number of carbonyl (C=O) groups excluding carboxylic acids is 1. The Morgan fingerprint density at radius 1 is 1.22 bits per heavy atom. The SMILES string of the molecule is CC(C)(C)C(=O)NC1CCN(c2ccc(C(F)(F)F)nc2)CC1. The number of rotatable bonds is 2. The molecule has 1 amide bonds. The van der Waals surface area contributed by atoms with Gasteiger partial charge in [0.15, 0.2) is 0 Å². The van der Waals surface area contributed by atoms with Crippen LogP contribution in [0.25, 0.3) is 0 Å². The van der Waals surface area contributed by atoms with E-state index in [9.17, 15) is 18.0 Å². The number of nitrogens with zero attached hydrogens (tertiary/aromatic N) is 2. The van der Waals surface area contributed by atoms with Crippen molar-refractivity contribution in [2.45, 2.75) is 45.8 Å². The van der Waals surface area contributed by atoms with Crippen molar-refractivity contribution in [2.75, 3.05) is 18.0 Å². The summed E-state index contributed by atoms with van der Waals surface area (Å²) in [6.07, 6.45) is -1.62. The Labute approximate surface area is 134 Å². The van der Waals surface area contributed by atoms with Gasteiger partial charge in [0.2, 0.25) is 5.91 Å². The number of piperidine rings is 1. The third-order valence-corrected chi connectivity index (χ3v) is 3.91. The summed E-state index contributed by atoms with van der Waals surface area (Å²) in [5.41, 5.74) is -0.624. The Morgan fingerprint density at radius 2 is 1.83 bits per heavy atom. The molecule has 0 unspecified atom stereocenters. The van der Waals surface area contributed by atoms with E-state index >= 15 is 0 Å². The summed E-state index contributed by atoms with van der Waals surface area (Å²) in [5, 5.41) is 3.03. The number of anilines is 1. The first kappa shape index (κ1) is 17.6. The number of alkyl halides is 3. The van der Waals surface area contributed by atoms with Crippen LogP contribution in [-0.4, -0.2) is 30.0 Å².